The Bertz CT molecular complexity index is 1370. The van der Waals surface area contributed by atoms with Crippen LogP contribution in [0, 0.1) is 0 Å². The van der Waals surface area contributed by atoms with Crippen LogP contribution in [0.25, 0.3) is 0 Å². The van der Waals surface area contributed by atoms with Gasteiger partial charge in [-0.2, -0.15) is 0 Å². The normalized spacial score (nSPS) is 29.0. The van der Waals surface area contributed by atoms with Gasteiger partial charge in [-0.15, -0.1) is 0 Å². The van der Waals surface area contributed by atoms with Crippen molar-refractivity contribution in [3.63, 3.8) is 0 Å². The third-order valence-corrected chi connectivity index (χ3v) is 22.8. The number of rotatable bonds is 4. The molecule has 1 aliphatic heterocycles. The van der Waals surface area contributed by atoms with Crippen LogP contribution in [-0.4, -0.2) is 0 Å². The third-order valence-electron chi connectivity index (χ3n) is 9.31. The van der Waals surface area contributed by atoms with Crippen molar-refractivity contribution in [3.8, 4) is 0 Å². The molecule has 1 heterocycles. The summed E-state index contributed by atoms with van der Waals surface area (Å²) >= 11 is -2.62. The first-order valence-electron chi connectivity index (χ1n) is 13.8. The molecule has 7 rings (SSSR count). The standard InChI is InChI=1S/2C17H15.C2H4.Zr/c2*1-13-11-15-9-5-6-10-16(17(15)12-13)14-7-3-2-4-8-14;1-2;/h2*2-12,16H,1H3;1-2H2;. The first-order valence-corrected chi connectivity index (χ1v) is 20.1. The maximum atomic E-state index is 2.58. The summed E-state index contributed by atoms with van der Waals surface area (Å²) in [5.74, 6) is 0.709. The molecule has 37 heavy (non-hydrogen) atoms. The first-order chi connectivity index (χ1) is 18.2. The van der Waals surface area contributed by atoms with Gasteiger partial charge in [-0.25, -0.2) is 0 Å². The zero-order chi connectivity index (χ0) is 25.0. The van der Waals surface area contributed by atoms with Gasteiger partial charge in [0.05, 0.1) is 0 Å². The zero-order valence-corrected chi connectivity index (χ0v) is 24.2. The molecule has 0 nitrogen and oxygen atoms in total. The van der Waals surface area contributed by atoms with E-state index in [1.54, 1.807) is 33.4 Å². The Kier molecular flexibility index (Phi) is 5.82. The van der Waals surface area contributed by atoms with E-state index in [-0.39, 0.29) is 0 Å². The monoisotopic (exact) mass is 556 g/mol. The Morgan fingerprint density at radius 3 is 1.38 bits per heavy atom. The quantitative estimate of drug-likeness (QED) is 0.351. The van der Waals surface area contributed by atoms with Gasteiger partial charge in [-0.3, -0.25) is 0 Å². The van der Waals surface area contributed by atoms with Crippen LogP contribution in [0.1, 0.15) is 36.8 Å². The molecule has 2 aromatic carbocycles. The van der Waals surface area contributed by atoms with Crippen molar-refractivity contribution < 1.29 is 20.3 Å². The maximum absolute atomic E-state index is 2.62. The molecular weight excluding hydrogens is 524 g/mol. The van der Waals surface area contributed by atoms with Crippen molar-refractivity contribution in [1.29, 1.82) is 0 Å². The van der Waals surface area contributed by atoms with Crippen molar-refractivity contribution in [3.05, 3.63) is 166 Å². The molecule has 0 aromatic heterocycles. The van der Waals surface area contributed by atoms with Gasteiger partial charge in [-0.1, -0.05) is 0 Å². The van der Waals surface area contributed by atoms with Crippen LogP contribution in [0.15, 0.2) is 155 Å². The fraction of sp³-hybridized carbons (Fsp3) is 0.222. The molecule has 0 radical (unpaired) electrons. The molecule has 182 valence electrons. The van der Waals surface area contributed by atoms with E-state index in [1.165, 1.54) is 19.4 Å². The van der Waals surface area contributed by atoms with Crippen LogP contribution in [0.2, 0.25) is 15.5 Å². The molecule has 4 atom stereocenters. The van der Waals surface area contributed by atoms with Crippen LogP contribution in [-0.2, 0) is 20.3 Å². The fourth-order valence-electron chi connectivity index (χ4n) is 7.76. The Morgan fingerprint density at radius 2 is 0.973 bits per heavy atom. The topological polar surface area (TPSA) is 0 Å². The van der Waals surface area contributed by atoms with E-state index < -0.39 is 20.3 Å². The van der Waals surface area contributed by atoms with Crippen molar-refractivity contribution in [2.45, 2.75) is 41.2 Å². The average molecular weight is 558 g/mol. The molecule has 4 aliphatic carbocycles. The molecule has 0 spiro atoms. The van der Waals surface area contributed by atoms with Gasteiger partial charge in [0.25, 0.3) is 0 Å². The summed E-state index contributed by atoms with van der Waals surface area (Å²) in [6.07, 6.45) is 24.1. The van der Waals surface area contributed by atoms with Crippen LogP contribution < -0.4 is 0 Å². The van der Waals surface area contributed by atoms with Crippen LogP contribution in [0.5, 0.6) is 0 Å². The van der Waals surface area contributed by atoms with E-state index in [9.17, 15) is 0 Å². The van der Waals surface area contributed by atoms with Gasteiger partial charge in [-0.05, 0) is 0 Å². The van der Waals surface area contributed by atoms with Crippen molar-refractivity contribution in [1.82, 2.24) is 0 Å². The third kappa shape index (κ3) is 3.81. The van der Waals surface area contributed by atoms with E-state index >= 15 is 0 Å². The molecule has 0 N–H and O–H groups in total. The first kappa shape index (κ1) is 23.4. The molecule has 5 aliphatic rings. The minimum absolute atomic E-state index is 0.354. The Balaban J connectivity index is 1.32. The number of benzene rings is 2. The molecular formula is C36H34Zr. The van der Waals surface area contributed by atoms with E-state index in [4.69, 9.17) is 0 Å². The SMILES string of the molecule is CC1=CC2=C(C=CC=CC2c2ccccc2)[CH]1[Zr]1([CH]2C(C)=CC3=C2C=CC=CC3c2ccccc2)[CH2][CH2]1. The molecule has 0 amide bonds. The Morgan fingerprint density at radius 1 is 0.541 bits per heavy atom. The summed E-state index contributed by atoms with van der Waals surface area (Å²) in [5, 5.41) is 0. The fourth-order valence-corrected chi connectivity index (χ4v) is 25.5. The van der Waals surface area contributed by atoms with Gasteiger partial charge in [0.15, 0.2) is 0 Å². The summed E-state index contributed by atoms with van der Waals surface area (Å²) < 4.78 is 4.38. The van der Waals surface area contributed by atoms with E-state index in [0.717, 1.165) is 0 Å². The van der Waals surface area contributed by atoms with Crippen LogP contribution >= 0.6 is 0 Å². The molecule has 4 unspecified atom stereocenters. The molecule has 1 heteroatoms. The molecule has 2 aromatic rings. The summed E-state index contributed by atoms with van der Waals surface area (Å²) in [4.78, 5) is 0. The number of hydrogen-bond donors (Lipinski definition) is 0. The molecule has 0 bridgehead atoms. The summed E-state index contributed by atoms with van der Waals surface area (Å²) in [6, 6.07) is 22.2. The minimum atomic E-state index is -2.62. The van der Waals surface area contributed by atoms with Crippen LogP contribution in [0.3, 0.4) is 0 Å². The zero-order valence-electron chi connectivity index (χ0n) is 21.8. The van der Waals surface area contributed by atoms with Crippen molar-refractivity contribution in [2.75, 3.05) is 0 Å². The van der Waals surface area contributed by atoms with Crippen molar-refractivity contribution in [2.24, 2.45) is 0 Å². The second-order valence-electron chi connectivity index (χ2n) is 11.5. The van der Waals surface area contributed by atoms with E-state index in [0.29, 0.717) is 19.1 Å². The van der Waals surface area contributed by atoms with Gasteiger partial charge < -0.3 is 0 Å². The molecule has 1 fully saturated rings. The van der Waals surface area contributed by atoms with Gasteiger partial charge >= 0.3 is 227 Å². The van der Waals surface area contributed by atoms with Gasteiger partial charge in [0.2, 0.25) is 0 Å². The van der Waals surface area contributed by atoms with Crippen LogP contribution in [0.4, 0.5) is 0 Å². The molecule has 1 saturated heterocycles. The van der Waals surface area contributed by atoms with Gasteiger partial charge in [0.1, 0.15) is 0 Å². The van der Waals surface area contributed by atoms with Crippen molar-refractivity contribution >= 4 is 0 Å². The second kappa shape index (κ2) is 9.21. The summed E-state index contributed by atoms with van der Waals surface area (Å²) in [7, 11) is 0. The number of hydrogen-bond acceptors (Lipinski definition) is 0. The molecule has 0 saturated carbocycles. The van der Waals surface area contributed by atoms with E-state index in [1.807, 2.05) is 0 Å². The Labute approximate surface area is 226 Å². The van der Waals surface area contributed by atoms with Gasteiger partial charge in [0, 0.05) is 0 Å². The predicted octanol–water partition coefficient (Wildman–Crippen LogP) is 9.90. The number of allylic oxidation sites excluding steroid dienone is 16. The predicted molar refractivity (Wildman–Crippen MR) is 154 cm³/mol. The second-order valence-corrected chi connectivity index (χ2v) is 22.8. The Hall–Kier alpha value is -2.76. The summed E-state index contributed by atoms with van der Waals surface area (Å²) in [6.45, 7) is 4.88. The average Bonchev–Trinajstić information content (AvgIpc) is 3.64. The summed E-state index contributed by atoms with van der Waals surface area (Å²) in [5.41, 5.74) is 12.5. The van der Waals surface area contributed by atoms with E-state index in [2.05, 4.69) is 135 Å².